The zero-order valence-corrected chi connectivity index (χ0v) is 10.4. The van der Waals surface area contributed by atoms with Gasteiger partial charge in [-0.3, -0.25) is 4.68 Å². The van der Waals surface area contributed by atoms with Gasteiger partial charge in [-0.25, -0.2) is 0 Å². The second-order valence-electron chi connectivity index (χ2n) is 3.93. The number of aromatic nitrogens is 3. The Labute approximate surface area is 108 Å². The molecular formula is C11H11ClN4O2. The standard InChI is InChI=1S/C11H11ClN4O2/c1-16-5-11(14-15-16)13-4-7-2-9-10(3-8(7)12)18-6-17-9/h2-3,5,13H,4,6H2,1H3. The summed E-state index contributed by atoms with van der Waals surface area (Å²) in [5, 5.41) is 11.5. The summed E-state index contributed by atoms with van der Waals surface area (Å²) in [6.45, 7) is 0.793. The smallest absolute Gasteiger partial charge is 0.231 e. The third-order valence-corrected chi connectivity index (χ3v) is 2.96. The van der Waals surface area contributed by atoms with Crippen molar-refractivity contribution in [2.45, 2.75) is 6.54 Å². The second-order valence-corrected chi connectivity index (χ2v) is 4.34. The van der Waals surface area contributed by atoms with Gasteiger partial charge in [0.2, 0.25) is 6.79 Å². The molecule has 3 rings (SSSR count). The van der Waals surface area contributed by atoms with Gasteiger partial charge in [-0.2, -0.15) is 0 Å². The van der Waals surface area contributed by atoms with Crippen molar-refractivity contribution in [1.82, 2.24) is 15.0 Å². The molecule has 0 atom stereocenters. The van der Waals surface area contributed by atoms with Crippen LogP contribution >= 0.6 is 11.6 Å². The Morgan fingerprint density at radius 1 is 1.39 bits per heavy atom. The monoisotopic (exact) mass is 266 g/mol. The van der Waals surface area contributed by atoms with Crippen molar-refractivity contribution in [3.05, 3.63) is 28.9 Å². The highest BCUT2D eigenvalue weighted by atomic mass is 35.5. The molecule has 1 N–H and O–H groups in total. The lowest BCUT2D eigenvalue weighted by Crippen LogP contribution is -2.00. The van der Waals surface area contributed by atoms with Crippen molar-refractivity contribution in [3.63, 3.8) is 0 Å². The van der Waals surface area contributed by atoms with E-state index in [9.17, 15) is 0 Å². The van der Waals surface area contributed by atoms with E-state index < -0.39 is 0 Å². The lowest BCUT2D eigenvalue weighted by molar-refractivity contribution is 0.174. The number of hydrogen-bond donors (Lipinski definition) is 1. The van der Waals surface area contributed by atoms with Crippen LogP contribution in [0, 0.1) is 0 Å². The average molecular weight is 267 g/mol. The highest BCUT2D eigenvalue weighted by Gasteiger charge is 2.16. The van der Waals surface area contributed by atoms with E-state index in [1.54, 1.807) is 16.9 Å². The first-order valence-corrected chi connectivity index (χ1v) is 5.78. The molecule has 18 heavy (non-hydrogen) atoms. The number of benzene rings is 1. The van der Waals surface area contributed by atoms with Crippen LogP contribution in [-0.4, -0.2) is 21.8 Å². The maximum absolute atomic E-state index is 6.16. The SMILES string of the molecule is Cn1cc(NCc2cc3c(cc2Cl)OCO3)nn1. The molecule has 94 valence electrons. The number of halogens is 1. The predicted octanol–water partition coefficient (Wildman–Crippen LogP) is 1.81. The number of nitrogens with zero attached hydrogens (tertiary/aromatic N) is 3. The van der Waals surface area contributed by atoms with Crippen LogP contribution in [0.3, 0.4) is 0 Å². The molecule has 6 nitrogen and oxygen atoms in total. The fourth-order valence-electron chi connectivity index (χ4n) is 1.71. The zero-order valence-electron chi connectivity index (χ0n) is 9.68. The molecule has 7 heteroatoms. The minimum Gasteiger partial charge on any atom is -0.454 e. The lowest BCUT2D eigenvalue weighted by Gasteiger charge is -2.06. The number of anilines is 1. The predicted molar refractivity (Wildman–Crippen MR) is 65.9 cm³/mol. The van der Waals surface area contributed by atoms with Gasteiger partial charge < -0.3 is 14.8 Å². The molecule has 0 radical (unpaired) electrons. The van der Waals surface area contributed by atoms with Crippen molar-refractivity contribution in [2.24, 2.45) is 7.05 Å². The number of nitrogens with one attached hydrogen (secondary N) is 1. The Kier molecular flexibility index (Phi) is 2.71. The maximum Gasteiger partial charge on any atom is 0.231 e. The molecule has 0 saturated heterocycles. The molecule has 2 aromatic rings. The Hall–Kier alpha value is -1.95. The van der Waals surface area contributed by atoms with E-state index in [0.717, 1.165) is 11.3 Å². The molecule has 0 bridgehead atoms. The van der Waals surface area contributed by atoms with E-state index in [1.807, 2.05) is 13.1 Å². The molecule has 0 saturated carbocycles. The zero-order chi connectivity index (χ0) is 12.5. The van der Waals surface area contributed by atoms with Crippen LogP contribution in [0.15, 0.2) is 18.3 Å². The second kappa shape index (κ2) is 4.38. The van der Waals surface area contributed by atoms with E-state index in [-0.39, 0.29) is 6.79 Å². The number of hydrogen-bond acceptors (Lipinski definition) is 5. The van der Waals surface area contributed by atoms with Crippen molar-refractivity contribution < 1.29 is 9.47 Å². The van der Waals surface area contributed by atoms with E-state index in [2.05, 4.69) is 15.6 Å². The summed E-state index contributed by atoms with van der Waals surface area (Å²) in [7, 11) is 1.81. The number of rotatable bonds is 3. The summed E-state index contributed by atoms with van der Waals surface area (Å²) < 4.78 is 12.2. The summed E-state index contributed by atoms with van der Waals surface area (Å²) in [6.07, 6.45) is 1.79. The van der Waals surface area contributed by atoms with E-state index >= 15 is 0 Å². The molecule has 0 aliphatic carbocycles. The highest BCUT2D eigenvalue weighted by molar-refractivity contribution is 6.31. The average Bonchev–Trinajstić information content (AvgIpc) is 2.94. The van der Waals surface area contributed by atoms with E-state index in [1.165, 1.54) is 0 Å². The first-order chi connectivity index (χ1) is 8.72. The third-order valence-electron chi connectivity index (χ3n) is 2.60. The summed E-state index contributed by atoms with van der Waals surface area (Å²) in [5.74, 6) is 2.10. The first kappa shape index (κ1) is 11.2. The van der Waals surface area contributed by atoms with Crippen LogP contribution in [0.1, 0.15) is 5.56 Å². The Bertz CT molecular complexity index is 584. The topological polar surface area (TPSA) is 61.2 Å². The number of aryl methyl sites for hydroxylation is 1. The number of fused-ring (bicyclic) bond motifs is 1. The van der Waals surface area contributed by atoms with Gasteiger partial charge in [-0.1, -0.05) is 16.8 Å². The Morgan fingerprint density at radius 2 is 2.17 bits per heavy atom. The van der Waals surface area contributed by atoms with Crippen LogP contribution in [-0.2, 0) is 13.6 Å². The summed E-state index contributed by atoms with van der Waals surface area (Å²) >= 11 is 6.16. The van der Waals surface area contributed by atoms with Crippen LogP contribution < -0.4 is 14.8 Å². The minimum atomic E-state index is 0.243. The van der Waals surface area contributed by atoms with Crippen molar-refractivity contribution in [1.29, 1.82) is 0 Å². The van der Waals surface area contributed by atoms with Crippen LogP contribution in [0.4, 0.5) is 5.82 Å². The van der Waals surface area contributed by atoms with E-state index in [0.29, 0.717) is 23.1 Å². The fraction of sp³-hybridized carbons (Fsp3) is 0.273. The van der Waals surface area contributed by atoms with Crippen molar-refractivity contribution in [3.8, 4) is 11.5 Å². The van der Waals surface area contributed by atoms with Gasteiger partial charge in [-0.05, 0) is 11.6 Å². The fourth-order valence-corrected chi connectivity index (χ4v) is 1.93. The molecule has 2 heterocycles. The van der Waals surface area contributed by atoms with Gasteiger partial charge in [0.05, 0.1) is 6.20 Å². The largest absolute Gasteiger partial charge is 0.454 e. The highest BCUT2D eigenvalue weighted by Crippen LogP contribution is 2.36. The molecular weight excluding hydrogens is 256 g/mol. The molecule has 1 aromatic heterocycles. The molecule has 0 amide bonds. The molecule has 0 spiro atoms. The minimum absolute atomic E-state index is 0.243. The van der Waals surface area contributed by atoms with Crippen LogP contribution in [0.2, 0.25) is 5.02 Å². The van der Waals surface area contributed by atoms with Gasteiger partial charge in [0.1, 0.15) is 0 Å². The summed E-state index contributed by atoms with van der Waals surface area (Å²) in [5.41, 5.74) is 0.923. The van der Waals surface area contributed by atoms with Gasteiger partial charge in [0.25, 0.3) is 0 Å². The van der Waals surface area contributed by atoms with Gasteiger partial charge >= 0.3 is 0 Å². The van der Waals surface area contributed by atoms with Crippen LogP contribution in [0.25, 0.3) is 0 Å². The van der Waals surface area contributed by atoms with Crippen molar-refractivity contribution >= 4 is 17.4 Å². The molecule has 1 aliphatic rings. The van der Waals surface area contributed by atoms with Gasteiger partial charge in [0, 0.05) is 24.7 Å². The third kappa shape index (κ3) is 2.06. The summed E-state index contributed by atoms with van der Waals surface area (Å²) in [6, 6.07) is 3.63. The van der Waals surface area contributed by atoms with E-state index in [4.69, 9.17) is 21.1 Å². The number of ether oxygens (including phenoxy) is 2. The molecule has 0 unspecified atom stereocenters. The Balaban J connectivity index is 1.76. The normalized spacial score (nSPS) is 12.8. The Morgan fingerprint density at radius 3 is 2.89 bits per heavy atom. The maximum atomic E-state index is 6.16. The van der Waals surface area contributed by atoms with Crippen LogP contribution in [0.5, 0.6) is 11.5 Å². The van der Waals surface area contributed by atoms with Gasteiger partial charge in [-0.15, -0.1) is 5.10 Å². The molecule has 0 fully saturated rings. The lowest BCUT2D eigenvalue weighted by atomic mass is 10.2. The quantitative estimate of drug-likeness (QED) is 0.918. The molecule has 1 aromatic carbocycles. The molecule has 1 aliphatic heterocycles. The summed E-state index contributed by atoms with van der Waals surface area (Å²) in [4.78, 5) is 0. The van der Waals surface area contributed by atoms with Gasteiger partial charge in [0.15, 0.2) is 17.3 Å². The van der Waals surface area contributed by atoms with Crippen molar-refractivity contribution in [2.75, 3.05) is 12.1 Å². The first-order valence-electron chi connectivity index (χ1n) is 5.40.